The van der Waals surface area contributed by atoms with E-state index in [1.165, 1.54) is 96.0 Å². The van der Waals surface area contributed by atoms with E-state index in [0.717, 1.165) is 63.5 Å². The second-order valence-electron chi connectivity index (χ2n) is 12.9. The van der Waals surface area contributed by atoms with Gasteiger partial charge in [-0.2, -0.15) is 8.42 Å². The third-order valence-electron chi connectivity index (χ3n) is 8.51. The average molecular weight is 691 g/mol. The van der Waals surface area contributed by atoms with Crippen molar-refractivity contribution in [2.75, 3.05) is 13.2 Å². The van der Waals surface area contributed by atoms with Crippen LogP contribution in [0.1, 0.15) is 189 Å². The van der Waals surface area contributed by atoms with Crippen molar-refractivity contribution in [3.8, 4) is 0 Å². The maximum Gasteiger partial charge on any atom is 0.339 e. The van der Waals surface area contributed by atoms with Gasteiger partial charge in [0.25, 0.3) is 10.1 Å². The Bertz CT molecular complexity index is 1140. The molecule has 1 aromatic rings. The van der Waals surface area contributed by atoms with Crippen molar-refractivity contribution >= 4 is 22.1 Å². The van der Waals surface area contributed by atoms with Crippen molar-refractivity contribution in [3.63, 3.8) is 0 Å². The highest BCUT2D eigenvalue weighted by Gasteiger charge is 2.23. The summed E-state index contributed by atoms with van der Waals surface area (Å²) in [6.07, 6.45) is 36.7. The van der Waals surface area contributed by atoms with E-state index in [2.05, 4.69) is 38.2 Å². The molecule has 0 heterocycles. The van der Waals surface area contributed by atoms with Gasteiger partial charge >= 0.3 is 11.9 Å². The summed E-state index contributed by atoms with van der Waals surface area (Å²) in [5.74, 6) is -1.54. The third kappa shape index (κ3) is 23.0. The number of allylic oxidation sites excluding steroid dienone is 4. The summed E-state index contributed by atoms with van der Waals surface area (Å²) in [5, 5.41) is 0. The molecule has 1 aromatic carbocycles. The molecule has 48 heavy (non-hydrogen) atoms. The van der Waals surface area contributed by atoms with Crippen LogP contribution < -0.4 is 0 Å². The van der Waals surface area contributed by atoms with E-state index in [1.54, 1.807) is 0 Å². The first-order valence-corrected chi connectivity index (χ1v) is 20.5. The number of esters is 2. The van der Waals surface area contributed by atoms with Crippen LogP contribution in [0.25, 0.3) is 0 Å². The minimum Gasteiger partial charge on any atom is -0.462 e. The van der Waals surface area contributed by atoms with E-state index >= 15 is 0 Å². The molecule has 0 aliphatic carbocycles. The summed E-state index contributed by atoms with van der Waals surface area (Å²) in [7, 11) is -4.57. The molecule has 0 fully saturated rings. The van der Waals surface area contributed by atoms with Gasteiger partial charge in [0, 0.05) is 0 Å². The molecule has 1 N–H and O–H groups in total. The fourth-order valence-corrected chi connectivity index (χ4v) is 6.01. The predicted octanol–water partition coefficient (Wildman–Crippen LogP) is 11.8. The lowest BCUT2D eigenvalue weighted by Crippen LogP contribution is -2.16. The van der Waals surface area contributed by atoms with Crippen LogP contribution in [0.2, 0.25) is 0 Å². The van der Waals surface area contributed by atoms with Gasteiger partial charge in [-0.15, -0.1) is 0 Å². The van der Waals surface area contributed by atoms with Gasteiger partial charge in [0.15, 0.2) is 0 Å². The molecule has 1 rings (SSSR count). The summed E-state index contributed by atoms with van der Waals surface area (Å²) >= 11 is 0. The molecule has 0 atom stereocenters. The summed E-state index contributed by atoms with van der Waals surface area (Å²) in [5.41, 5.74) is -0.304. The van der Waals surface area contributed by atoms with Crippen molar-refractivity contribution in [2.24, 2.45) is 0 Å². The molecule has 0 bridgehead atoms. The summed E-state index contributed by atoms with van der Waals surface area (Å²) in [6.45, 7) is 4.83. The largest absolute Gasteiger partial charge is 0.462 e. The van der Waals surface area contributed by atoms with Crippen LogP contribution in [0, 0.1) is 0 Å². The van der Waals surface area contributed by atoms with Crippen LogP contribution in [-0.4, -0.2) is 38.1 Å². The fraction of sp³-hybridized carbons (Fsp3) is 0.700. The molecule has 0 saturated carbocycles. The van der Waals surface area contributed by atoms with Crippen LogP contribution in [0.3, 0.4) is 0 Å². The third-order valence-corrected chi connectivity index (χ3v) is 9.36. The van der Waals surface area contributed by atoms with Gasteiger partial charge in [-0.25, -0.2) is 9.59 Å². The topological polar surface area (TPSA) is 107 Å². The van der Waals surface area contributed by atoms with Crippen molar-refractivity contribution < 1.29 is 32.0 Å². The van der Waals surface area contributed by atoms with Crippen LogP contribution in [0.5, 0.6) is 0 Å². The highest BCUT2D eigenvalue weighted by Crippen LogP contribution is 2.19. The highest BCUT2D eigenvalue weighted by atomic mass is 32.2. The van der Waals surface area contributed by atoms with Gasteiger partial charge in [-0.1, -0.05) is 115 Å². The monoisotopic (exact) mass is 690 g/mol. The van der Waals surface area contributed by atoms with Crippen molar-refractivity contribution in [1.82, 2.24) is 0 Å². The Morgan fingerprint density at radius 2 is 0.896 bits per heavy atom. The second kappa shape index (κ2) is 29.5. The Kier molecular flexibility index (Phi) is 26.7. The van der Waals surface area contributed by atoms with Crippen LogP contribution in [0.4, 0.5) is 0 Å². The molecule has 0 aromatic heterocycles. The molecule has 0 aliphatic rings. The number of carbonyl (C=O) groups is 2. The van der Waals surface area contributed by atoms with Gasteiger partial charge in [0.1, 0.15) is 0 Å². The van der Waals surface area contributed by atoms with Crippen molar-refractivity contribution in [2.45, 2.75) is 173 Å². The van der Waals surface area contributed by atoms with Crippen molar-refractivity contribution in [3.05, 3.63) is 53.6 Å². The molecule has 274 valence electrons. The number of benzene rings is 1. The van der Waals surface area contributed by atoms with Crippen molar-refractivity contribution in [1.29, 1.82) is 0 Å². The lowest BCUT2D eigenvalue weighted by Gasteiger charge is -2.11. The Labute approximate surface area is 293 Å². The number of rotatable bonds is 31. The zero-order valence-electron chi connectivity index (χ0n) is 30.2. The number of carbonyl (C=O) groups excluding carboxylic acids is 2. The molecule has 0 unspecified atom stereocenters. The predicted molar refractivity (Wildman–Crippen MR) is 197 cm³/mol. The molecule has 8 heteroatoms. The van der Waals surface area contributed by atoms with E-state index in [0.29, 0.717) is 12.8 Å². The standard InChI is InChI=1S/C40H66O7S/c1-3-5-7-9-11-13-15-17-19-21-23-25-27-29-33-46-39(41)37-32-31-36(48(43,44)45)35-38(37)40(42)47-34-30-28-26-24-22-20-18-16-14-12-10-8-6-4-2/h19-22,31-32,35H,3-18,23-30,33-34H2,1-2H3,(H,43,44,45)/b21-19+,22-20+. The fourth-order valence-electron chi connectivity index (χ4n) is 5.51. The lowest BCUT2D eigenvalue weighted by molar-refractivity contribution is 0.0450. The molecule has 0 aliphatic heterocycles. The van der Waals surface area contributed by atoms with Crippen LogP contribution in [-0.2, 0) is 19.6 Å². The Morgan fingerprint density at radius 3 is 1.29 bits per heavy atom. The second-order valence-corrected chi connectivity index (χ2v) is 14.3. The average Bonchev–Trinajstić information content (AvgIpc) is 3.07. The first kappa shape index (κ1) is 43.6. The summed E-state index contributed by atoms with van der Waals surface area (Å²) < 4.78 is 43.7. The van der Waals surface area contributed by atoms with Gasteiger partial charge in [-0.05, 0) is 95.2 Å². The van der Waals surface area contributed by atoms with E-state index in [1.807, 2.05) is 0 Å². The maximum atomic E-state index is 12.9. The van der Waals surface area contributed by atoms with Gasteiger partial charge in [-0.3, -0.25) is 4.55 Å². The first-order valence-electron chi connectivity index (χ1n) is 19.1. The highest BCUT2D eigenvalue weighted by molar-refractivity contribution is 7.85. The molecule has 0 spiro atoms. The molecule has 0 amide bonds. The van der Waals surface area contributed by atoms with E-state index in [-0.39, 0.29) is 24.3 Å². The SMILES string of the molecule is CCCCCCCCC/C=C/CCCCCOC(=O)c1ccc(S(=O)(=O)O)cc1C(=O)OCCCCC/C=C/CCCCCCCCC. The minimum absolute atomic E-state index is 0.0770. The molecular formula is C40H66O7S. The van der Waals surface area contributed by atoms with Gasteiger partial charge in [0.05, 0.1) is 29.2 Å². The first-order chi connectivity index (χ1) is 23.3. The Hall–Kier alpha value is -2.45. The zero-order chi connectivity index (χ0) is 35.1. The quantitative estimate of drug-likeness (QED) is 0.0357. The summed E-state index contributed by atoms with van der Waals surface area (Å²) in [6, 6.07) is 3.25. The van der Waals surface area contributed by atoms with E-state index < -0.39 is 27.0 Å². The molecule has 0 saturated heterocycles. The number of hydrogen-bond acceptors (Lipinski definition) is 6. The van der Waals surface area contributed by atoms with Crippen LogP contribution >= 0.6 is 0 Å². The van der Waals surface area contributed by atoms with E-state index in [4.69, 9.17) is 9.47 Å². The normalized spacial score (nSPS) is 11.9. The van der Waals surface area contributed by atoms with Gasteiger partial charge in [0.2, 0.25) is 0 Å². The minimum atomic E-state index is -4.57. The number of ether oxygens (including phenoxy) is 2. The number of hydrogen-bond donors (Lipinski definition) is 1. The maximum absolute atomic E-state index is 12.9. The molecule has 0 radical (unpaired) electrons. The lowest BCUT2D eigenvalue weighted by atomic mass is 10.1. The Morgan fingerprint density at radius 1 is 0.542 bits per heavy atom. The van der Waals surface area contributed by atoms with Crippen LogP contribution in [0.15, 0.2) is 47.4 Å². The van der Waals surface area contributed by atoms with E-state index in [9.17, 15) is 22.6 Å². The Balaban J connectivity index is 2.34. The number of unbranched alkanes of at least 4 members (excludes halogenated alkanes) is 20. The molecule has 7 nitrogen and oxygen atoms in total. The summed E-state index contributed by atoms with van der Waals surface area (Å²) in [4.78, 5) is 25.2. The molecular weight excluding hydrogens is 624 g/mol. The smallest absolute Gasteiger partial charge is 0.339 e. The van der Waals surface area contributed by atoms with Gasteiger partial charge < -0.3 is 9.47 Å². The zero-order valence-corrected chi connectivity index (χ0v) is 31.0.